The summed E-state index contributed by atoms with van der Waals surface area (Å²) in [4.78, 5) is 7.17. The maximum absolute atomic E-state index is 9.50. The van der Waals surface area contributed by atoms with Gasteiger partial charge in [0.25, 0.3) is 0 Å². The number of hydrogen-bond acceptors (Lipinski definition) is 3. The molecule has 1 saturated heterocycles. The molecule has 2 fully saturated rings. The maximum atomic E-state index is 9.50. The molecular formula is C17H23N3. The first-order valence-corrected chi connectivity index (χ1v) is 7.85. The summed E-state index contributed by atoms with van der Waals surface area (Å²) in [5.41, 5.74) is 2.86. The van der Waals surface area contributed by atoms with Crippen LogP contribution in [0, 0.1) is 31.1 Å². The van der Waals surface area contributed by atoms with E-state index in [1.165, 1.54) is 38.5 Å². The molecule has 0 N–H and O–H groups in total. The van der Waals surface area contributed by atoms with Gasteiger partial charge in [0, 0.05) is 18.3 Å². The third-order valence-electron chi connectivity index (χ3n) is 4.95. The molecule has 0 radical (unpaired) electrons. The van der Waals surface area contributed by atoms with Crippen LogP contribution >= 0.6 is 0 Å². The van der Waals surface area contributed by atoms with Crippen molar-refractivity contribution in [1.82, 2.24) is 4.98 Å². The molecule has 0 amide bonds. The van der Waals surface area contributed by atoms with Crippen LogP contribution in [0.5, 0.6) is 0 Å². The Morgan fingerprint density at radius 3 is 2.75 bits per heavy atom. The number of piperidine rings is 1. The van der Waals surface area contributed by atoms with Crippen molar-refractivity contribution in [3.8, 4) is 6.07 Å². The van der Waals surface area contributed by atoms with Gasteiger partial charge in [0.2, 0.25) is 0 Å². The summed E-state index contributed by atoms with van der Waals surface area (Å²) in [5, 5.41) is 9.50. The van der Waals surface area contributed by atoms with Gasteiger partial charge in [-0.25, -0.2) is 4.98 Å². The van der Waals surface area contributed by atoms with Crippen LogP contribution in [-0.2, 0) is 0 Å². The van der Waals surface area contributed by atoms with Gasteiger partial charge in [0.05, 0.1) is 5.56 Å². The molecule has 3 nitrogen and oxygen atoms in total. The number of anilines is 1. The third-order valence-corrected chi connectivity index (χ3v) is 4.95. The second kappa shape index (κ2) is 5.44. The lowest BCUT2D eigenvalue weighted by molar-refractivity contribution is 0.242. The molecule has 1 aliphatic heterocycles. The molecule has 3 rings (SSSR count). The standard InChI is InChI=1S/C17H23N3/c1-12-10-13(2)19-17(15(12)11-18)20-9-5-7-14-6-3-4-8-16(14)20/h10,14,16H,3-9H2,1-2H3/t14-,16-/m1/s1. The lowest BCUT2D eigenvalue weighted by Gasteiger charge is -2.45. The van der Waals surface area contributed by atoms with Crippen molar-refractivity contribution in [2.45, 2.75) is 58.4 Å². The van der Waals surface area contributed by atoms with Crippen LogP contribution in [0.15, 0.2) is 6.07 Å². The zero-order valence-electron chi connectivity index (χ0n) is 12.5. The van der Waals surface area contributed by atoms with Crippen molar-refractivity contribution in [2.24, 2.45) is 5.92 Å². The van der Waals surface area contributed by atoms with Gasteiger partial charge in [-0.15, -0.1) is 0 Å². The molecule has 2 atom stereocenters. The van der Waals surface area contributed by atoms with E-state index in [1.807, 2.05) is 19.9 Å². The largest absolute Gasteiger partial charge is 0.352 e. The molecule has 1 saturated carbocycles. The number of fused-ring (bicyclic) bond motifs is 1. The molecule has 1 aromatic rings. The topological polar surface area (TPSA) is 39.9 Å². The fourth-order valence-electron chi connectivity index (χ4n) is 4.05. The predicted octanol–water partition coefficient (Wildman–Crippen LogP) is 3.73. The fourth-order valence-corrected chi connectivity index (χ4v) is 4.05. The Hall–Kier alpha value is -1.56. The van der Waals surface area contributed by atoms with E-state index in [0.29, 0.717) is 6.04 Å². The summed E-state index contributed by atoms with van der Waals surface area (Å²) < 4.78 is 0. The van der Waals surface area contributed by atoms with Crippen LogP contribution in [0.4, 0.5) is 5.82 Å². The lowest BCUT2D eigenvalue weighted by Crippen LogP contribution is -2.47. The van der Waals surface area contributed by atoms with Crippen LogP contribution in [0.2, 0.25) is 0 Å². The van der Waals surface area contributed by atoms with Crippen molar-refractivity contribution >= 4 is 5.82 Å². The Balaban J connectivity index is 2.01. The van der Waals surface area contributed by atoms with Gasteiger partial charge in [-0.1, -0.05) is 12.8 Å². The minimum absolute atomic E-state index is 0.610. The normalized spacial score (nSPS) is 25.9. The molecule has 2 aliphatic rings. The number of nitriles is 1. The van der Waals surface area contributed by atoms with Gasteiger partial charge >= 0.3 is 0 Å². The number of pyridine rings is 1. The summed E-state index contributed by atoms with van der Waals surface area (Å²) in [6, 6.07) is 5.01. The predicted molar refractivity (Wildman–Crippen MR) is 80.8 cm³/mol. The molecule has 0 unspecified atom stereocenters. The highest BCUT2D eigenvalue weighted by Gasteiger charge is 2.35. The van der Waals surface area contributed by atoms with Crippen molar-refractivity contribution in [1.29, 1.82) is 5.26 Å². The summed E-state index contributed by atoms with van der Waals surface area (Å²) >= 11 is 0. The second-order valence-corrected chi connectivity index (χ2v) is 6.34. The molecular weight excluding hydrogens is 246 g/mol. The molecule has 0 aromatic carbocycles. The fraction of sp³-hybridized carbons (Fsp3) is 0.647. The van der Waals surface area contributed by atoms with E-state index in [-0.39, 0.29) is 0 Å². The summed E-state index contributed by atoms with van der Waals surface area (Å²) in [6.07, 6.45) is 7.91. The van der Waals surface area contributed by atoms with Crippen LogP contribution in [0.25, 0.3) is 0 Å². The Morgan fingerprint density at radius 2 is 1.95 bits per heavy atom. The number of rotatable bonds is 1. The van der Waals surface area contributed by atoms with Crippen molar-refractivity contribution in [2.75, 3.05) is 11.4 Å². The molecule has 0 spiro atoms. The first-order valence-electron chi connectivity index (χ1n) is 7.85. The van der Waals surface area contributed by atoms with E-state index in [0.717, 1.165) is 35.1 Å². The quantitative estimate of drug-likeness (QED) is 0.780. The van der Waals surface area contributed by atoms with E-state index in [4.69, 9.17) is 4.98 Å². The third kappa shape index (κ3) is 2.28. The molecule has 1 aliphatic carbocycles. The Kier molecular flexibility index (Phi) is 3.65. The summed E-state index contributed by atoms with van der Waals surface area (Å²) in [6.45, 7) is 5.12. The first kappa shape index (κ1) is 13.4. The highest BCUT2D eigenvalue weighted by Crippen LogP contribution is 2.38. The van der Waals surface area contributed by atoms with Gasteiger partial charge in [-0.3, -0.25) is 0 Å². The smallest absolute Gasteiger partial charge is 0.147 e. The highest BCUT2D eigenvalue weighted by molar-refractivity contribution is 5.59. The monoisotopic (exact) mass is 269 g/mol. The second-order valence-electron chi connectivity index (χ2n) is 6.34. The summed E-state index contributed by atoms with van der Waals surface area (Å²) in [5.74, 6) is 1.76. The molecule has 1 aromatic heterocycles. The van der Waals surface area contributed by atoms with E-state index in [1.54, 1.807) is 0 Å². The zero-order valence-corrected chi connectivity index (χ0v) is 12.5. The Bertz CT molecular complexity index is 542. The number of aromatic nitrogens is 1. The molecule has 20 heavy (non-hydrogen) atoms. The summed E-state index contributed by atoms with van der Waals surface area (Å²) in [7, 11) is 0. The van der Waals surface area contributed by atoms with Gasteiger partial charge in [-0.05, 0) is 57.1 Å². The number of nitrogens with zero attached hydrogens (tertiary/aromatic N) is 3. The maximum Gasteiger partial charge on any atom is 0.147 e. The Morgan fingerprint density at radius 1 is 1.20 bits per heavy atom. The Labute approximate surface area is 121 Å². The van der Waals surface area contributed by atoms with Crippen molar-refractivity contribution in [3.63, 3.8) is 0 Å². The number of aryl methyl sites for hydroxylation is 2. The van der Waals surface area contributed by atoms with Gasteiger partial charge < -0.3 is 4.90 Å². The minimum atomic E-state index is 0.610. The molecule has 3 heteroatoms. The average molecular weight is 269 g/mol. The van der Waals surface area contributed by atoms with Crippen molar-refractivity contribution in [3.05, 3.63) is 22.9 Å². The van der Waals surface area contributed by atoms with E-state index in [9.17, 15) is 5.26 Å². The first-order chi connectivity index (χ1) is 9.70. The molecule has 2 heterocycles. The van der Waals surface area contributed by atoms with Gasteiger partial charge in [0.15, 0.2) is 0 Å². The van der Waals surface area contributed by atoms with Crippen LogP contribution in [-0.4, -0.2) is 17.6 Å². The molecule has 0 bridgehead atoms. The molecule has 106 valence electrons. The van der Waals surface area contributed by atoms with Gasteiger partial charge in [-0.2, -0.15) is 5.26 Å². The SMILES string of the molecule is Cc1cc(C)c(C#N)c(N2CCC[C@H]3CCCC[C@H]32)n1. The lowest BCUT2D eigenvalue weighted by atomic mass is 9.78. The highest BCUT2D eigenvalue weighted by atomic mass is 15.2. The van der Waals surface area contributed by atoms with Crippen LogP contribution < -0.4 is 4.90 Å². The van der Waals surface area contributed by atoms with E-state index in [2.05, 4.69) is 11.0 Å². The number of hydrogen-bond donors (Lipinski definition) is 0. The van der Waals surface area contributed by atoms with E-state index < -0.39 is 0 Å². The minimum Gasteiger partial charge on any atom is -0.352 e. The van der Waals surface area contributed by atoms with Gasteiger partial charge in [0.1, 0.15) is 11.9 Å². The van der Waals surface area contributed by atoms with Crippen molar-refractivity contribution < 1.29 is 0 Å². The zero-order chi connectivity index (χ0) is 14.1. The van der Waals surface area contributed by atoms with Crippen LogP contribution in [0.3, 0.4) is 0 Å². The average Bonchev–Trinajstić information content (AvgIpc) is 2.46. The van der Waals surface area contributed by atoms with E-state index >= 15 is 0 Å². The van der Waals surface area contributed by atoms with Crippen LogP contribution in [0.1, 0.15) is 55.3 Å².